The quantitative estimate of drug-likeness (QED) is 0.596. The van der Waals surface area contributed by atoms with Crippen LogP contribution in [-0.4, -0.2) is 63.5 Å². The topological polar surface area (TPSA) is 121 Å². The van der Waals surface area contributed by atoms with Crippen LogP contribution in [0.2, 0.25) is 5.02 Å². The number of carbonyl (C=O) groups is 1. The molecule has 5 atom stereocenters. The zero-order chi connectivity index (χ0) is 18.8. The Balaban J connectivity index is 1.95. The smallest absolute Gasteiger partial charge is 0.223 e. The number of aliphatic hydroxyl groups excluding tert-OH is 3. The van der Waals surface area contributed by atoms with Gasteiger partial charge in [-0.05, 0) is 24.3 Å². The summed E-state index contributed by atoms with van der Waals surface area (Å²) in [6.45, 7) is 0.748. The summed E-state index contributed by atoms with van der Waals surface area (Å²) in [5.74, 6) is -0.106. The Kier molecular flexibility index (Phi) is 5.59. The fourth-order valence-corrected chi connectivity index (χ4v) is 3.12. The number of hydrogen-bond acceptors (Lipinski definition) is 7. The molecule has 8 nitrogen and oxygen atoms in total. The van der Waals surface area contributed by atoms with E-state index < -0.39 is 43.2 Å². The lowest BCUT2D eigenvalue weighted by molar-refractivity contribution is -0.244. The number of benzene rings is 1. The number of pyridine rings is 1. The van der Waals surface area contributed by atoms with Crippen molar-refractivity contribution in [1.29, 1.82) is 0 Å². The van der Waals surface area contributed by atoms with Crippen LogP contribution in [0, 0.1) is 0 Å². The van der Waals surface area contributed by atoms with E-state index in [2.05, 4.69) is 10.3 Å². The van der Waals surface area contributed by atoms with E-state index in [1.165, 1.54) is 6.92 Å². The number of rotatable bonds is 4. The standard InChI is InChI=1S/C17H19ClN2O6/c1-8(22)20-14-16(24)15(23)12(7-21)26-17(14)25-11-5-4-10(18)9-3-2-6-19-13(9)11/h2-6,12,14-17,21,23-24H,7H2,1H3,(H,20,22)/t12-,14+,15+,16+,17-/m1/s1. The second-order valence-corrected chi connectivity index (χ2v) is 6.40. The molecule has 4 N–H and O–H groups in total. The maximum absolute atomic E-state index is 11.5. The molecule has 0 unspecified atom stereocenters. The Hall–Kier alpha value is -1.97. The molecule has 2 aromatic rings. The number of aromatic nitrogens is 1. The highest BCUT2D eigenvalue weighted by atomic mass is 35.5. The van der Waals surface area contributed by atoms with Crippen LogP contribution >= 0.6 is 11.6 Å². The third kappa shape index (κ3) is 3.60. The van der Waals surface area contributed by atoms with E-state index in [9.17, 15) is 20.1 Å². The second-order valence-electron chi connectivity index (χ2n) is 6.00. The predicted octanol–water partition coefficient (Wildman–Crippen LogP) is 0.211. The number of aliphatic hydroxyl groups is 3. The number of ether oxygens (including phenoxy) is 2. The Morgan fingerprint density at radius 3 is 2.81 bits per heavy atom. The van der Waals surface area contributed by atoms with Gasteiger partial charge < -0.3 is 30.1 Å². The minimum absolute atomic E-state index is 0.325. The van der Waals surface area contributed by atoms with E-state index in [4.69, 9.17) is 21.1 Å². The number of carbonyl (C=O) groups excluding carboxylic acids is 1. The molecule has 0 saturated carbocycles. The molecule has 1 saturated heterocycles. The van der Waals surface area contributed by atoms with Crippen molar-refractivity contribution in [2.24, 2.45) is 0 Å². The van der Waals surface area contributed by atoms with Crippen molar-refractivity contribution in [2.75, 3.05) is 6.61 Å². The summed E-state index contributed by atoms with van der Waals surface area (Å²) in [6.07, 6.45) is -3.40. The highest BCUT2D eigenvalue weighted by Crippen LogP contribution is 2.32. The van der Waals surface area contributed by atoms with E-state index >= 15 is 0 Å². The molecule has 1 aromatic carbocycles. The van der Waals surface area contributed by atoms with Gasteiger partial charge in [0.1, 0.15) is 35.6 Å². The third-order valence-electron chi connectivity index (χ3n) is 4.17. The van der Waals surface area contributed by atoms with Gasteiger partial charge in [-0.3, -0.25) is 9.78 Å². The third-order valence-corrected chi connectivity index (χ3v) is 4.50. The highest BCUT2D eigenvalue weighted by molar-refractivity contribution is 6.35. The van der Waals surface area contributed by atoms with Crippen LogP contribution in [0.25, 0.3) is 10.9 Å². The number of nitrogens with one attached hydrogen (secondary N) is 1. The normalized spacial score (nSPS) is 28.7. The van der Waals surface area contributed by atoms with Crippen LogP contribution in [0.15, 0.2) is 30.5 Å². The SMILES string of the molecule is CC(=O)N[C@@H]1[C@H](Oc2ccc(Cl)c3cccnc23)O[C@H](CO)[C@H](O)[C@H]1O. The fourth-order valence-electron chi connectivity index (χ4n) is 2.90. The highest BCUT2D eigenvalue weighted by Gasteiger charge is 2.46. The molecule has 9 heteroatoms. The van der Waals surface area contributed by atoms with Gasteiger partial charge in [0.25, 0.3) is 0 Å². The number of nitrogens with zero attached hydrogens (tertiary/aromatic N) is 1. The van der Waals surface area contributed by atoms with Gasteiger partial charge in [-0.2, -0.15) is 0 Å². The lowest BCUT2D eigenvalue weighted by atomic mass is 9.97. The van der Waals surface area contributed by atoms with Crippen molar-refractivity contribution < 1.29 is 29.6 Å². The molecule has 1 aromatic heterocycles. The molecule has 0 spiro atoms. The number of fused-ring (bicyclic) bond motifs is 1. The average molecular weight is 383 g/mol. The monoisotopic (exact) mass is 382 g/mol. The minimum Gasteiger partial charge on any atom is -0.460 e. The first-order chi connectivity index (χ1) is 12.4. The van der Waals surface area contributed by atoms with Crippen molar-refractivity contribution in [3.05, 3.63) is 35.5 Å². The van der Waals surface area contributed by atoms with Crippen LogP contribution in [-0.2, 0) is 9.53 Å². The second kappa shape index (κ2) is 7.73. The fraction of sp³-hybridized carbons (Fsp3) is 0.412. The summed E-state index contributed by atoms with van der Waals surface area (Å²) >= 11 is 6.17. The average Bonchev–Trinajstić information content (AvgIpc) is 2.63. The molecule has 2 heterocycles. The first-order valence-corrected chi connectivity index (χ1v) is 8.39. The zero-order valence-corrected chi connectivity index (χ0v) is 14.6. The van der Waals surface area contributed by atoms with E-state index in [1.807, 2.05) is 0 Å². The molecule has 140 valence electrons. The van der Waals surface area contributed by atoms with Crippen molar-refractivity contribution in [3.8, 4) is 5.75 Å². The Labute approximate surface area is 154 Å². The van der Waals surface area contributed by atoms with Crippen molar-refractivity contribution in [3.63, 3.8) is 0 Å². The van der Waals surface area contributed by atoms with Crippen LogP contribution in [0.4, 0.5) is 0 Å². The molecular weight excluding hydrogens is 364 g/mol. The molecule has 1 aliphatic rings. The molecule has 1 aliphatic heterocycles. The van der Waals surface area contributed by atoms with Gasteiger partial charge in [0.2, 0.25) is 12.2 Å². The largest absolute Gasteiger partial charge is 0.460 e. The summed E-state index contributed by atoms with van der Waals surface area (Å²) < 4.78 is 11.4. The Morgan fingerprint density at radius 2 is 2.12 bits per heavy atom. The molecular formula is C17H19ClN2O6. The molecule has 0 bridgehead atoms. The van der Waals surface area contributed by atoms with E-state index in [0.29, 0.717) is 21.7 Å². The zero-order valence-electron chi connectivity index (χ0n) is 13.9. The first kappa shape index (κ1) is 18.8. The summed E-state index contributed by atoms with van der Waals surface area (Å²) in [6, 6.07) is 5.69. The molecule has 0 radical (unpaired) electrons. The van der Waals surface area contributed by atoms with E-state index in [-0.39, 0.29) is 0 Å². The first-order valence-electron chi connectivity index (χ1n) is 8.02. The molecule has 1 amide bonds. The summed E-state index contributed by atoms with van der Waals surface area (Å²) in [4.78, 5) is 15.7. The van der Waals surface area contributed by atoms with Gasteiger partial charge in [-0.25, -0.2) is 0 Å². The molecule has 3 rings (SSSR count). The number of halogens is 1. The number of amides is 1. The van der Waals surface area contributed by atoms with Gasteiger partial charge >= 0.3 is 0 Å². The van der Waals surface area contributed by atoms with Crippen LogP contribution < -0.4 is 10.1 Å². The maximum atomic E-state index is 11.5. The van der Waals surface area contributed by atoms with Gasteiger partial charge in [0, 0.05) is 18.5 Å². The van der Waals surface area contributed by atoms with Gasteiger partial charge in [0.15, 0.2) is 0 Å². The Morgan fingerprint density at radius 1 is 1.35 bits per heavy atom. The summed E-state index contributed by atoms with van der Waals surface area (Å²) in [5.41, 5.74) is 0.478. The van der Waals surface area contributed by atoms with Crippen LogP contribution in [0.3, 0.4) is 0 Å². The number of hydrogen-bond donors (Lipinski definition) is 4. The van der Waals surface area contributed by atoms with Crippen LogP contribution in [0.1, 0.15) is 6.92 Å². The molecule has 1 fully saturated rings. The Bertz CT molecular complexity index is 804. The minimum atomic E-state index is -1.39. The van der Waals surface area contributed by atoms with E-state index in [1.54, 1.807) is 30.5 Å². The summed E-state index contributed by atoms with van der Waals surface area (Å²) in [5, 5.41) is 33.4. The van der Waals surface area contributed by atoms with Crippen molar-refractivity contribution in [1.82, 2.24) is 10.3 Å². The van der Waals surface area contributed by atoms with Gasteiger partial charge in [0.05, 0.1) is 11.6 Å². The van der Waals surface area contributed by atoms with Crippen molar-refractivity contribution in [2.45, 2.75) is 37.6 Å². The maximum Gasteiger partial charge on any atom is 0.223 e. The summed E-state index contributed by atoms with van der Waals surface area (Å²) in [7, 11) is 0. The molecule has 26 heavy (non-hydrogen) atoms. The molecule has 0 aliphatic carbocycles. The van der Waals surface area contributed by atoms with Crippen LogP contribution in [0.5, 0.6) is 5.75 Å². The lowest BCUT2D eigenvalue weighted by Gasteiger charge is -2.42. The van der Waals surface area contributed by atoms with Gasteiger partial charge in [-0.1, -0.05) is 11.6 Å². The lowest BCUT2D eigenvalue weighted by Crippen LogP contribution is -2.65. The predicted molar refractivity (Wildman–Crippen MR) is 92.7 cm³/mol. The van der Waals surface area contributed by atoms with Gasteiger partial charge in [-0.15, -0.1) is 0 Å². The van der Waals surface area contributed by atoms with E-state index in [0.717, 1.165) is 0 Å². The van der Waals surface area contributed by atoms with Crippen molar-refractivity contribution >= 4 is 28.4 Å².